The Morgan fingerprint density at radius 2 is 2.00 bits per heavy atom. The van der Waals surface area contributed by atoms with Crippen LogP contribution in [-0.2, 0) is 14.8 Å². The van der Waals surface area contributed by atoms with Crippen LogP contribution >= 0.6 is 0 Å². The zero-order chi connectivity index (χ0) is 14.6. The Morgan fingerprint density at radius 1 is 1.37 bits per heavy atom. The molecular weight excluding hydrogens is 268 g/mol. The van der Waals surface area contributed by atoms with Gasteiger partial charge in [-0.2, -0.15) is 9.57 Å². The van der Waals surface area contributed by atoms with Crippen LogP contribution in [0.4, 0.5) is 0 Å². The Balaban J connectivity index is 2.97. The maximum atomic E-state index is 12.1. The third-order valence-electron chi connectivity index (χ3n) is 2.42. The summed E-state index contributed by atoms with van der Waals surface area (Å²) >= 11 is 0. The number of nitrogens with zero attached hydrogens (tertiary/aromatic N) is 4. The van der Waals surface area contributed by atoms with Crippen molar-refractivity contribution in [3.63, 3.8) is 0 Å². The average molecular weight is 282 g/mol. The zero-order valence-corrected chi connectivity index (χ0v) is 11.7. The number of nitriles is 1. The van der Waals surface area contributed by atoms with Crippen LogP contribution in [0.1, 0.15) is 5.69 Å². The first-order chi connectivity index (χ1) is 8.78. The highest BCUT2D eigenvalue weighted by molar-refractivity contribution is 7.89. The maximum absolute atomic E-state index is 12.1. The summed E-state index contributed by atoms with van der Waals surface area (Å²) in [4.78, 5) is 16.4. The summed E-state index contributed by atoms with van der Waals surface area (Å²) < 4.78 is 25.2. The second-order valence-corrected chi connectivity index (χ2v) is 6.09. The van der Waals surface area contributed by atoms with Gasteiger partial charge in [-0.25, -0.2) is 13.4 Å². The van der Waals surface area contributed by atoms with E-state index in [0.717, 1.165) is 10.5 Å². The first-order valence-electron chi connectivity index (χ1n) is 5.31. The lowest BCUT2D eigenvalue weighted by atomic mass is 10.4. The van der Waals surface area contributed by atoms with Crippen LogP contribution in [0, 0.1) is 11.3 Å². The van der Waals surface area contributed by atoms with Gasteiger partial charge in [0.1, 0.15) is 16.7 Å². The van der Waals surface area contributed by atoms with E-state index in [1.165, 1.54) is 24.1 Å². The molecular formula is C11H14N4O3S. The molecule has 0 fully saturated rings. The fourth-order valence-electron chi connectivity index (χ4n) is 1.20. The second-order valence-electron chi connectivity index (χ2n) is 4.04. The quantitative estimate of drug-likeness (QED) is 0.753. The summed E-state index contributed by atoms with van der Waals surface area (Å²) in [5, 5.41) is 8.60. The Labute approximate surface area is 112 Å². The van der Waals surface area contributed by atoms with E-state index in [2.05, 4.69) is 4.98 Å². The van der Waals surface area contributed by atoms with E-state index < -0.39 is 10.0 Å². The molecule has 0 N–H and O–H groups in total. The summed E-state index contributed by atoms with van der Waals surface area (Å²) in [5.41, 5.74) is 0.131. The van der Waals surface area contributed by atoms with Gasteiger partial charge in [-0.1, -0.05) is 0 Å². The highest BCUT2D eigenvalue weighted by Gasteiger charge is 2.23. The summed E-state index contributed by atoms with van der Waals surface area (Å²) in [5.74, 6) is -0.326. The molecule has 1 rings (SSSR count). The molecule has 1 heterocycles. The van der Waals surface area contributed by atoms with E-state index in [-0.39, 0.29) is 23.0 Å². The van der Waals surface area contributed by atoms with Gasteiger partial charge in [-0.05, 0) is 12.1 Å². The Morgan fingerprint density at radius 3 is 2.42 bits per heavy atom. The molecule has 0 aromatic carbocycles. The fourth-order valence-corrected chi connectivity index (χ4v) is 2.26. The van der Waals surface area contributed by atoms with Crippen molar-refractivity contribution < 1.29 is 13.2 Å². The van der Waals surface area contributed by atoms with Crippen LogP contribution in [0.15, 0.2) is 23.2 Å². The van der Waals surface area contributed by atoms with E-state index in [0.29, 0.717) is 0 Å². The number of aromatic nitrogens is 1. The lowest BCUT2D eigenvalue weighted by molar-refractivity contribution is -0.128. The van der Waals surface area contributed by atoms with E-state index in [1.807, 2.05) is 0 Å². The summed E-state index contributed by atoms with van der Waals surface area (Å²) in [6.07, 6.45) is 1.10. The molecule has 0 spiro atoms. The molecule has 0 aliphatic carbocycles. The molecule has 0 aliphatic heterocycles. The first kappa shape index (κ1) is 15.1. The monoisotopic (exact) mass is 282 g/mol. The number of likely N-dealkylation sites (N-methyl/N-ethyl adjacent to an activating group) is 2. The first-order valence-corrected chi connectivity index (χ1v) is 6.75. The SMILES string of the molecule is CN(C)C(=O)CN(C)S(=O)(=O)c1ccc(C#N)nc1. The smallest absolute Gasteiger partial charge is 0.244 e. The highest BCUT2D eigenvalue weighted by atomic mass is 32.2. The number of hydrogen-bond donors (Lipinski definition) is 0. The number of carbonyl (C=O) groups excluding carboxylic acids is 1. The van der Waals surface area contributed by atoms with Gasteiger partial charge in [0.05, 0.1) is 6.54 Å². The van der Waals surface area contributed by atoms with Gasteiger partial charge in [0.2, 0.25) is 15.9 Å². The number of amides is 1. The Bertz CT molecular complexity index is 602. The molecule has 102 valence electrons. The standard InChI is InChI=1S/C11H14N4O3S/c1-14(2)11(16)8-15(3)19(17,18)10-5-4-9(6-12)13-7-10/h4-5,7H,8H2,1-3H3. The molecule has 0 saturated heterocycles. The molecule has 7 nitrogen and oxygen atoms in total. The molecule has 19 heavy (non-hydrogen) atoms. The van der Waals surface area contributed by atoms with Gasteiger partial charge >= 0.3 is 0 Å². The zero-order valence-electron chi connectivity index (χ0n) is 10.9. The van der Waals surface area contributed by atoms with Gasteiger partial charge in [0, 0.05) is 27.3 Å². The molecule has 8 heteroatoms. The Kier molecular flexibility index (Phi) is 4.58. The number of pyridine rings is 1. The van der Waals surface area contributed by atoms with Crippen LogP contribution in [-0.4, -0.2) is 56.2 Å². The molecule has 1 aromatic heterocycles. The molecule has 0 unspecified atom stereocenters. The van der Waals surface area contributed by atoms with Gasteiger partial charge < -0.3 is 4.90 Å². The summed E-state index contributed by atoms with van der Waals surface area (Å²) in [6.45, 7) is -0.255. The van der Waals surface area contributed by atoms with Crippen LogP contribution in [0.25, 0.3) is 0 Å². The minimum Gasteiger partial charge on any atom is -0.348 e. The van der Waals surface area contributed by atoms with Crippen LogP contribution < -0.4 is 0 Å². The predicted molar refractivity (Wildman–Crippen MR) is 67.5 cm³/mol. The maximum Gasteiger partial charge on any atom is 0.244 e. The van der Waals surface area contributed by atoms with Crippen LogP contribution in [0.3, 0.4) is 0 Å². The third kappa shape index (κ3) is 3.49. The average Bonchev–Trinajstić information content (AvgIpc) is 2.38. The van der Waals surface area contributed by atoms with Crippen molar-refractivity contribution >= 4 is 15.9 Å². The van der Waals surface area contributed by atoms with Gasteiger partial charge in [-0.3, -0.25) is 4.79 Å². The van der Waals surface area contributed by atoms with Gasteiger partial charge in [0.25, 0.3) is 0 Å². The van der Waals surface area contributed by atoms with E-state index in [1.54, 1.807) is 20.2 Å². The topological polar surface area (TPSA) is 94.4 Å². The van der Waals surface area contributed by atoms with Crippen molar-refractivity contribution in [2.75, 3.05) is 27.7 Å². The normalized spacial score (nSPS) is 11.1. The van der Waals surface area contributed by atoms with E-state index >= 15 is 0 Å². The minimum absolute atomic E-state index is 0.0550. The Hall–Kier alpha value is -1.98. The van der Waals surface area contributed by atoms with Crippen molar-refractivity contribution in [3.8, 4) is 6.07 Å². The number of hydrogen-bond acceptors (Lipinski definition) is 5. The number of sulfonamides is 1. The predicted octanol–water partition coefficient (Wildman–Crippen LogP) is -0.338. The molecule has 0 radical (unpaired) electrons. The summed E-state index contributed by atoms with van der Waals surface area (Å²) in [6, 6.07) is 4.40. The number of carbonyl (C=O) groups is 1. The van der Waals surface area contributed by atoms with Crippen molar-refractivity contribution in [3.05, 3.63) is 24.0 Å². The lowest BCUT2D eigenvalue weighted by Crippen LogP contribution is -2.37. The summed E-state index contributed by atoms with van der Waals surface area (Å²) in [7, 11) is 0.631. The van der Waals surface area contributed by atoms with Crippen LogP contribution in [0.5, 0.6) is 0 Å². The van der Waals surface area contributed by atoms with Crippen LogP contribution in [0.2, 0.25) is 0 Å². The van der Waals surface area contributed by atoms with Gasteiger partial charge in [0.15, 0.2) is 0 Å². The second kappa shape index (κ2) is 5.77. The fraction of sp³-hybridized carbons (Fsp3) is 0.364. The molecule has 1 amide bonds. The minimum atomic E-state index is -3.78. The molecule has 0 bridgehead atoms. The third-order valence-corrected chi connectivity index (χ3v) is 4.20. The highest BCUT2D eigenvalue weighted by Crippen LogP contribution is 2.13. The molecule has 1 aromatic rings. The van der Waals surface area contributed by atoms with E-state index in [9.17, 15) is 13.2 Å². The van der Waals surface area contributed by atoms with Crippen molar-refractivity contribution in [1.82, 2.24) is 14.2 Å². The lowest BCUT2D eigenvalue weighted by Gasteiger charge is -2.18. The van der Waals surface area contributed by atoms with E-state index in [4.69, 9.17) is 5.26 Å². The van der Waals surface area contributed by atoms with Crippen molar-refractivity contribution in [1.29, 1.82) is 5.26 Å². The molecule has 0 atom stereocenters. The molecule has 0 saturated carbocycles. The largest absolute Gasteiger partial charge is 0.348 e. The van der Waals surface area contributed by atoms with Gasteiger partial charge in [-0.15, -0.1) is 0 Å². The van der Waals surface area contributed by atoms with Crippen molar-refractivity contribution in [2.45, 2.75) is 4.90 Å². The van der Waals surface area contributed by atoms with Crippen molar-refractivity contribution in [2.24, 2.45) is 0 Å². The number of rotatable bonds is 4. The molecule has 0 aliphatic rings.